The third kappa shape index (κ3) is 4.11. The van der Waals surface area contributed by atoms with E-state index in [2.05, 4.69) is 4.74 Å². The summed E-state index contributed by atoms with van der Waals surface area (Å²) in [6.45, 7) is 3.93. The van der Waals surface area contributed by atoms with E-state index in [1.54, 1.807) is 0 Å². The first-order valence-electron chi connectivity index (χ1n) is 6.95. The molecule has 0 heterocycles. The van der Waals surface area contributed by atoms with Crippen molar-refractivity contribution in [2.45, 2.75) is 52.4 Å². The van der Waals surface area contributed by atoms with Crippen LogP contribution in [0, 0.1) is 5.82 Å². The number of aryl methyl sites for hydroxylation is 1. The minimum atomic E-state index is -1.51. The van der Waals surface area contributed by atoms with Gasteiger partial charge in [0.15, 0.2) is 11.5 Å². The van der Waals surface area contributed by atoms with Crippen LogP contribution in [0.3, 0.4) is 0 Å². The Kier molecular flexibility index (Phi) is 6.28. The second kappa shape index (κ2) is 7.72. The molecule has 4 nitrogen and oxygen atoms in total. The van der Waals surface area contributed by atoms with Crippen LogP contribution in [0.2, 0.25) is 0 Å². The molecule has 0 spiro atoms. The molecule has 0 saturated carbocycles. The third-order valence-corrected chi connectivity index (χ3v) is 3.15. The van der Waals surface area contributed by atoms with Crippen molar-refractivity contribution in [2.75, 3.05) is 0 Å². The highest BCUT2D eigenvalue weighted by molar-refractivity contribution is 5.65. The first-order valence-corrected chi connectivity index (χ1v) is 6.95. The van der Waals surface area contributed by atoms with Gasteiger partial charge >= 0.3 is 6.16 Å². The van der Waals surface area contributed by atoms with Gasteiger partial charge in [-0.25, -0.2) is 9.18 Å². The van der Waals surface area contributed by atoms with E-state index in [9.17, 15) is 14.3 Å². The average molecular weight is 284 g/mol. The number of rotatable bonds is 7. The Balaban J connectivity index is 3.20. The van der Waals surface area contributed by atoms with Crippen molar-refractivity contribution in [1.82, 2.24) is 0 Å². The van der Waals surface area contributed by atoms with Crippen molar-refractivity contribution in [3.8, 4) is 11.5 Å². The zero-order valence-corrected chi connectivity index (χ0v) is 11.9. The summed E-state index contributed by atoms with van der Waals surface area (Å²) < 4.78 is 18.7. The van der Waals surface area contributed by atoms with Gasteiger partial charge in [0.05, 0.1) is 0 Å². The van der Waals surface area contributed by atoms with Crippen molar-refractivity contribution in [1.29, 1.82) is 0 Å². The van der Waals surface area contributed by atoms with Crippen LogP contribution in [0.15, 0.2) is 6.07 Å². The van der Waals surface area contributed by atoms with Gasteiger partial charge in [0.1, 0.15) is 5.82 Å². The number of phenols is 1. The number of carboxylic acid groups (broad SMARTS) is 1. The monoisotopic (exact) mass is 284 g/mol. The highest BCUT2D eigenvalue weighted by atomic mass is 19.1. The maximum atomic E-state index is 14.0. The Hall–Kier alpha value is -1.78. The molecule has 0 aliphatic carbocycles. The number of aromatic hydroxyl groups is 1. The van der Waals surface area contributed by atoms with Crippen LogP contribution < -0.4 is 4.74 Å². The molecule has 0 aliphatic heterocycles. The SMILES string of the molecule is CCCCc1cc(F)c(CCCC)c(O)c1OC(=O)O. The van der Waals surface area contributed by atoms with E-state index < -0.39 is 12.0 Å². The standard InChI is InChI=1S/C15H21FO4/c1-3-5-7-10-9-12(16)11(8-6-4-2)13(17)14(10)20-15(18)19/h9,17H,3-8H2,1-2H3,(H,18,19). The summed E-state index contributed by atoms with van der Waals surface area (Å²) in [4.78, 5) is 10.7. The Morgan fingerprint density at radius 2 is 1.85 bits per heavy atom. The fourth-order valence-corrected chi connectivity index (χ4v) is 2.05. The van der Waals surface area contributed by atoms with Gasteiger partial charge in [-0.3, -0.25) is 0 Å². The van der Waals surface area contributed by atoms with Crippen molar-refractivity contribution >= 4 is 6.16 Å². The molecule has 0 unspecified atom stereocenters. The Bertz CT molecular complexity index is 471. The van der Waals surface area contributed by atoms with Crippen molar-refractivity contribution < 1.29 is 24.1 Å². The van der Waals surface area contributed by atoms with Crippen molar-refractivity contribution in [3.63, 3.8) is 0 Å². The molecule has 0 aliphatic rings. The van der Waals surface area contributed by atoms with E-state index in [4.69, 9.17) is 5.11 Å². The highest BCUT2D eigenvalue weighted by Crippen LogP contribution is 2.37. The summed E-state index contributed by atoms with van der Waals surface area (Å²) in [5, 5.41) is 18.8. The Morgan fingerprint density at radius 3 is 2.40 bits per heavy atom. The van der Waals surface area contributed by atoms with Gasteiger partial charge < -0.3 is 14.9 Å². The predicted molar refractivity (Wildman–Crippen MR) is 73.9 cm³/mol. The summed E-state index contributed by atoms with van der Waals surface area (Å²) in [6, 6.07) is 1.28. The van der Waals surface area contributed by atoms with Crippen LogP contribution in [0.5, 0.6) is 11.5 Å². The van der Waals surface area contributed by atoms with E-state index in [1.165, 1.54) is 6.07 Å². The molecule has 0 radical (unpaired) electrons. The van der Waals surface area contributed by atoms with Gasteiger partial charge in [-0.05, 0) is 31.7 Å². The molecular formula is C15H21FO4. The number of hydrogen-bond donors (Lipinski definition) is 2. The fraction of sp³-hybridized carbons (Fsp3) is 0.533. The maximum absolute atomic E-state index is 14.0. The van der Waals surface area contributed by atoms with E-state index in [1.807, 2.05) is 13.8 Å². The van der Waals surface area contributed by atoms with E-state index in [0.717, 1.165) is 19.3 Å². The lowest BCUT2D eigenvalue weighted by atomic mass is 10.00. The van der Waals surface area contributed by atoms with E-state index in [0.29, 0.717) is 24.8 Å². The number of halogens is 1. The Morgan fingerprint density at radius 1 is 1.25 bits per heavy atom. The maximum Gasteiger partial charge on any atom is 0.511 e. The molecule has 0 fully saturated rings. The van der Waals surface area contributed by atoms with Gasteiger partial charge in [-0.1, -0.05) is 26.7 Å². The summed E-state index contributed by atoms with van der Waals surface area (Å²) in [5.41, 5.74) is 0.521. The molecule has 2 N–H and O–H groups in total. The highest BCUT2D eigenvalue weighted by Gasteiger charge is 2.20. The van der Waals surface area contributed by atoms with Crippen molar-refractivity contribution in [3.05, 3.63) is 23.0 Å². The topological polar surface area (TPSA) is 66.8 Å². The van der Waals surface area contributed by atoms with Crippen molar-refractivity contribution in [2.24, 2.45) is 0 Å². The lowest BCUT2D eigenvalue weighted by Crippen LogP contribution is -2.08. The number of unbranched alkanes of at least 4 members (excludes halogenated alkanes) is 2. The zero-order valence-electron chi connectivity index (χ0n) is 11.9. The number of benzene rings is 1. The minimum absolute atomic E-state index is 0.126. The predicted octanol–water partition coefficient (Wildman–Crippen LogP) is 4.27. The normalized spacial score (nSPS) is 10.6. The van der Waals surface area contributed by atoms with Gasteiger partial charge in [0, 0.05) is 11.1 Å². The second-order valence-electron chi connectivity index (χ2n) is 4.75. The molecule has 1 rings (SSSR count). The Labute approximate surface area is 118 Å². The van der Waals surface area contributed by atoms with Crippen LogP contribution in [0.1, 0.15) is 50.7 Å². The molecule has 112 valence electrons. The van der Waals surface area contributed by atoms with Gasteiger partial charge in [0.2, 0.25) is 0 Å². The summed E-state index contributed by atoms with van der Waals surface area (Å²) in [6.07, 6.45) is 2.54. The fourth-order valence-electron chi connectivity index (χ4n) is 2.05. The molecule has 5 heteroatoms. The molecule has 0 aromatic heterocycles. The molecule has 1 aromatic rings. The number of phenolic OH excluding ortho intramolecular Hbond substituents is 1. The molecule has 1 aromatic carbocycles. The lowest BCUT2D eigenvalue weighted by molar-refractivity contribution is 0.142. The summed E-state index contributed by atoms with van der Waals surface area (Å²) >= 11 is 0. The minimum Gasteiger partial charge on any atom is -0.504 e. The van der Waals surface area contributed by atoms with Crippen LogP contribution in [-0.2, 0) is 12.8 Å². The number of hydrogen-bond acceptors (Lipinski definition) is 3. The quantitative estimate of drug-likeness (QED) is 0.579. The van der Waals surface area contributed by atoms with Crippen LogP contribution >= 0.6 is 0 Å². The largest absolute Gasteiger partial charge is 0.511 e. The molecule has 0 bridgehead atoms. The van der Waals surface area contributed by atoms with Gasteiger partial charge in [-0.15, -0.1) is 0 Å². The molecule has 20 heavy (non-hydrogen) atoms. The zero-order chi connectivity index (χ0) is 15.1. The summed E-state index contributed by atoms with van der Waals surface area (Å²) in [7, 11) is 0. The molecule has 0 atom stereocenters. The molecule has 0 amide bonds. The number of ether oxygens (including phenoxy) is 1. The first kappa shape index (κ1) is 16.3. The second-order valence-corrected chi connectivity index (χ2v) is 4.75. The van der Waals surface area contributed by atoms with Gasteiger partial charge in [-0.2, -0.15) is 0 Å². The smallest absolute Gasteiger partial charge is 0.504 e. The van der Waals surface area contributed by atoms with E-state index >= 15 is 0 Å². The van der Waals surface area contributed by atoms with Crippen LogP contribution in [0.4, 0.5) is 9.18 Å². The average Bonchev–Trinajstić information content (AvgIpc) is 2.39. The molecule has 0 saturated heterocycles. The molecular weight excluding hydrogens is 263 g/mol. The van der Waals surface area contributed by atoms with E-state index in [-0.39, 0.29) is 17.1 Å². The lowest BCUT2D eigenvalue weighted by Gasteiger charge is -2.14. The van der Waals surface area contributed by atoms with Crippen LogP contribution in [0.25, 0.3) is 0 Å². The number of carbonyl (C=O) groups is 1. The first-order chi connectivity index (χ1) is 9.51. The summed E-state index contributed by atoms with van der Waals surface area (Å²) in [5.74, 6) is -1.01. The van der Waals surface area contributed by atoms with Crippen LogP contribution in [-0.4, -0.2) is 16.4 Å². The van der Waals surface area contributed by atoms with Gasteiger partial charge in [0.25, 0.3) is 0 Å². The third-order valence-electron chi connectivity index (χ3n) is 3.15.